The van der Waals surface area contributed by atoms with E-state index in [9.17, 15) is 9.59 Å². The summed E-state index contributed by atoms with van der Waals surface area (Å²) in [5.41, 5.74) is 0. The number of piperazine rings is 1. The molecule has 1 aliphatic rings. The van der Waals surface area contributed by atoms with E-state index in [-0.39, 0.29) is 18.0 Å². The number of nitrogens with one attached hydrogen (secondary N) is 1. The Morgan fingerprint density at radius 2 is 1.89 bits per heavy atom. The predicted molar refractivity (Wildman–Crippen MR) is 75.1 cm³/mol. The number of thiophene rings is 1. The predicted octanol–water partition coefficient (Wildman–Crippen LogP) is 1.68. The molecule has 1 aromatic heterocycles. The van der Waals surface area contributed by atoms with Gasteiger partial charge in [-0.2, -0.15) is 0 Å². The second-order valence-corrected chi connectivity index (χ2v) is 5.66. The summed E-state index contributed by atoms with van der Waals surface area (Å²) >= 11 is 1.64. The van der Waals surface area contributed by atoms with Gasteiger partial charge in [-0.15, -0.1) is 11.3 Å². The number of urea groups is 1. The van der Waals surface area contributed by atoms with Gasteiger partial charge in [-0.1, -0.05) is 6.07 Å². The number of hydrogen-bond donors (Lipinski definition) is 1. The van der Waals surface area contributed by atoms with Crippen molar-refractivity contribution in [1.82, 2.24) is 15.1 Å². The zero-order valence-electron chi connectivity index (χ0n) is 11.3. The van der Waals surface area contributed by atoms with E-state index < -0.39 is 0 Å². The molecule has 5 nitrogen and oxygen atoms in total. The molecular weight excluding hydrogens is 262 g/mol. The molecule has 1 aliphatic heterocycles. The molecule has 1 unspecified atom stereocenters. The number of amides is 3. The van der Waals surface area contributed by atoms with Crippen molar-refractivity contribution in [1.29, 1.82) is 0 Å². The van der Waals surface area contributed by atoms with Crippen LogP contribution >= 0.6 is 11.3 Å². The Bertz CT molecular complexity index is 439. The molecule has 0 radical (unpaired) electrons. The second-order valence-electron chi connectivity index (χ2n) is 4.68. The summed E-state index contributed by atoms with van der Waals surface area (Å²) in [5.74, 6) is 0.0759. The number of carbonyl (C=O) groups is 2. The quantitative estimate of drug-likeness (QED) is 0.896. The summed E-state index contributed by atoms with van der Waals surface area (Å²) < 4.78 is 0. The Kier molecular flexibility index (Phi) is 4.42. The summed E-state index contributed by atoms with van der Waals surface area (Å²) in [5, 5.41) is 4.99. The fourth-order valence-corrected chi connectivity index (χ4v) is 2.84. The molecule has 19 heavy (non-hydrogen) atoms. The lowest BCUT2D eigenvalue weighted by molar-refractivity contribution is -0.130. The van der Waals surface area contributed by atoms with Crippen molar-refractivity contribution in [2.75, 3.05) is 26.2 Å². The van der Waals surface area contributed by atoms with Crippen molar-refractivity contribution in [2.45, 2.75) is 19.9 Å². The molecule has 2 heterocycles. The summed E-state index contributed by atoms with van der Waals surface area (Å²) in [4.78, 5) is 28.0. The van der Waals surface area contributed by atoms with E-state index in [1.165, 1.54) is 0 Å². The molecule has 1 saturated heterocycles. The third-order valence-electron chi connectivity index (χ3n) is 3.32. The van der Waals surface area contributed by atoms with Crippen LogP contribution in [0.4, 0.5) is 4.79 Å². The zero-order valence-corrected chi connectivity index (χ0v) is 12.1. The molecule has 1 aromatic rings. The Morgan fingerprint density at radius 3 is 2.42 bits per heavy atom. The fraction of sp³-hybridized carbons (Fsp3) is 0.538. The smallest absolute Gasteiger partial charge is 0.318 e. The SMILES string of the molecule is CC(=O)N1CCN(C(=O)NC(C)c2cccs2)CC1. The maximum absolute atomic E-state index is 12.1. The zero-order chi connectivity index (χ0) is 13.8. The first-order valence-electron chi connectivity index (χ1n) is 6.42. The van der Waals surface area contributed by atoms with Crippen LogP contribution in [0.3, 0.4) is 0 Å². The Hall–Kier alpha value is -1.56. The first-order chi connectivity index (χ1) is 9.08. The lowest BCUT2D eigenvalue weighted by Gasteiger charge is -2.34. The van der Waals surface area contributed by atoms with E-state index in [4.69, 9.17) is 0 Å². The third-order valence-corrected chi connectivity index (χ3v) is 4.38. The highest BCUT2D eigenvalue weighted by Gasteiger charge is 2.23. The maximum atomic E-state index is 12.1. The highest BCUT2D eigenvalue weighted by atomic mass is 32.1. The molecule has 1 fully saturated rings. The van der Waals surface area contributed by atoms with Crippen molar-refractivity contribution in [3.8, 4) is 0 Å². The summed E-state index contributed by atoms with van der Waals surface area (Å²) in [6, 6.07) is 3.97. The van der Waals surface area contributed by atoms with Crippen LogP contribution in [0, 0.1) is 0 Å². The van der Waals surface area contributed by atoms with Crippen molar-refractivity contribution in [2.24, 2.45) is 0 Å². The summed E-state index contributed by atoms with van der Waals surface area (Å²) in [7, 11) is 0. The van der Waals surface area contributed by atoms with E-state index in [1.54, 1.807) is 28.1 Å². The molecule has 0 aromatic carbocycles. The number of rotatable bonds is 2. The van der Waals surface area contributed by atoms with E-state index in [1.807, 2.05) is 24.4 Å². The second kappa shape index (κ2) is 6.06. The lowest BCUT2D eigenvalue weighted by atomic mass is 10.2. The normalized spacial score (nSPS) is 17.2. The van der Waals surface area contributed by atoms with E-state index in [0.717, 1.165) is 4.88 Å². The van der Waals surface area contributed by atoms with Gasteiger partial charge >= 0.3 is 6.03 Å². The van der Waals surface area contributed by atoms with Gasteiger partial charge in [-0.05, 0) is 18.4 Å². The van der Waals surface area contributed by atoms with Gasteiger partial charge in [0.25, 0.3) is 0 Å². The number of carbonyl (C=O) groups excluding carboxylic acids is 2. The summed E-state index contributed by atoms with van der Waals surface area (Å²) in [6.07, 6.45) is 0. The summed E-state index contributed by atoms with van der Waals surface area (Å²) in [6.45, 7) is 5.99. The van der Waals surface area contributed by atoms with Crippen LogP contribution in [0.5, 0.6) is 0 Å². The van der Waals surface area contributed by atoms with Gasteiger partial charge in [0.2, 0.25) is 5.91 Å². The van der Waals surface area contributed by atoms with Gasteiger partial charge in [0.05, 0.1) is 6.04 Å². The van der Waals surface area contributed by atoms with Crippen LogP contribution in [-0.2, 0) is 4.79 Å². The van der Waals surface area contributed by atoms with E-state index >= 15 is 0 Å². The van der Waals surface area contributed by atoms with Crippen LogP contribution in [-0.4, -0.2) is 47.9 Å². The standard InChI is InChI=1S/C13H19N3O2S/c1-10(12-4-3-9-19-12)14-13(18)16-7-5-15(6-8-16)11(2)17/h3-4,9-10H,5-8H2,1-2H3,(H,14,18). The molecule has 1 atom stereocenters. The van der Waals surface area contributed by atoms with Gasteiger partial charge < -0.3 is 15.1 Å². The molecule has 0 spiro atoms. The van der Waals surface area contributed by atoms with Crippen LogP contribution in [0.15, 0.2) is 17.5 Å². The number of nitrogens with zero attached hydrogens (tertiary/aromatic N) is 2. The van der Waals surface area contributed by atoms with Crippen LogP contribution in [0.2, 0.25) is 0 Å². The van der Waals surface area contributed by atoms with Gasteiger partial charge in [0, 0.05) is 38.0 Å². The largest absolute Gasteiger partial charge is 0.339 e. The van der Waals surface area contributed by atoms with Gasteiger partial charge in [0.15, 0.2) is 0 Å². The molecule has 104 valence electrons. The molecule has 2 rings (SSSR count). The molecule has 0 aliphatic carbocycles. The molecule has 1 N–H and O–H groups in total. The average molecular weight is 281 g/mol. The Morgan fingerprint density at radius 1 is 1.26 bits per heavy atom. The topological polar surface area (TPSA) is 52.7 Å². The first-order valence-corrected chi connectivity index (χ1v) is 7.30. The minimum Gasteiger partial charge on any atom is -0.339 e. The third kappa shape index (κ3) is 3.47. The van der Waals surface area contributed by atoms with Crippen molar-refractivity contribution < 1.29 is 9.59 Å². The van der Waals surface area contributed by atoms with Crippen molar-refractivity contribution in [3.63, 3.8) is 0 Å². The van der Waals surface area contributed by atoms with Crippen molar-refractivity contribution in [3.05, 3.63) is 22.4 Å². The molecular formula is C13H19N3O2S. The van der Waals surface area contributed by atoms with Crippen LogP contribution < -0.4 is 5.32 Å². The van der Waals surface area contributed by atoms with E-state index in [2.05, 4.69) is 5.32 Å². The van der Waals surface area contributed by atoms with Crippen LogP contribution in [0.25, 0.3) is 0 Å². The highest BCUT2D eigenvalue weighted by molar-refractivity contribution is 7.10. The fourth-order valence-electron chi connectivity index (χ4n) is 2.11. The molecule has 0 saturated carbocycles. The van der Waals surface area contributed by atoms with E-state index in [0.29, 0.717) is 26.2 Å². The highest BCUT2D eigenvalue weighted by Crippen LogP contribution is 2.18. The van der Waals surface area contributed by atoms with Crippen molar-refractivity contribution >= 4 is 23.3 Å². The molecule has 6 heteroatoms. The minimum atomic E-state index is -0.0518. The monoisotopic (exact) mass is 281 g/mol. The van der Waals surface area contributed by atoms with Crippen LogP contribution in [0.1, 0.15) is 24.8 Å². The molecule has 0 bridgehead atoms. The minimum absolute atomic E-state index is 0.0262. The maximum Gasteiger partial charge on any atom is 0.318 e. The molecule has 3 amide bonds. The lowest BCUT2D eigenvalue weighted by Crippen LogP contribution is -2.53. The van der Waals surface area contributed by atoms with Gasteiger partial charge in [-0.25, -0.2) is 4.79 Å². The Labute approximate surface area is 117 Å². The number of hydrogen-bond acceptors (Lipinski definition) is 3. The average Bonchev–Trinajstić information content (AvgIpc) is 2.92. The first kappa shape index (κ1) is 13.9. The Balaban J connectivity index is 1.83. The van der Waals surface area contributed by atoms with Gasteiger partial charge in [0.1, 0.15) is 0 Å². The van der Waals surface area contributed by atoms with Gasteiger partial charge in [-0.3, -0.25) is 4.79 Å².